The van der Waals surface area contributed by atoms with Gasteiger partial charge < -0.3 is 9.84 Å². The second kappa shape index (κ2) is 7.14. The van der Waals surface area contributed by atoms with Crippen molar-refractivity contribution in [2.45, 2.75) is 50.8 Å². The molecule has 0 spiro atoms. The lowest BCUT2D eigenvalue weighted by Crippen LogP contribution is -2.39. The maximum atomic E-state index is 5.34. The van der Waals surface area contributed by atoms with E-state index in [0.717, 1.165) is 30.4 Å². The van der Waals surface area contributed by atoms with Gasteiger partial charge in [-0.25, -0.2) is 0 Å². The molecule has 1 aromatic rings. The molecular weight excluding hydrogens is 246 g/mol. The molecule has 1 fully saturated rings. The minimum atomic E-state index is 0.625. The van der Waals surface area contributed by atoms with Crippen molar-refractivity contribution in [1.82, 2.24) is 15.5 Å². The first-order valence-electron chi connectivity index (χ1n) is 6.87. The third-order valence-electron chi connectivity index (χ3n) is 3.60. The fourth-order valence-electron chi connectivity index (χ4n) is 2.77. The molecule has 0 saturated heterocycles. The Hall–Kier alpha value is -0.550. The number of hydrogen-bond donors (Lipinski definition) is 1. The molecule has 18 heavy (non-hydrogen) atoms. The summed E-state index contributed by atoms with van der Waals surface area (Å²) < 4.78 is 5.34. The molecule has 5 heteroatoms. The van der Waals surface area contributed by atoms with E-state index >= 15 is 0 Å². The van der Waals surface area contributed by atoms with E-state index in [2.05, 4.69) is 28.6 Å². The van der Waals surface area contributed by atoms with E-state index in [1.807, 2.05) is 0 Å². The van der Waals surface area contributed by atoms with Gasteiger partial charge in [0.2, 0.25) is 5.89 Å². The van der Waals surface area contributed by atoms with Crippen LogP contribution in [0.1, 0.15) is 44.3 Å². The molecule has 1 saturated carbocycles. The van der Waals surface area contributed by atoms with Gasteiger partial charge in [-0.1, -0.05) is 24.9 Å². The summed E-state index contributed by atoms with van der Waals surface area (Å²) in [5.41, 5.74) is 0. The van der Waals surface area contributed by atoms with Crippen LogP contribution in [0.15, 0.2) is 4.52 Å². The van der Waals surface area contributed by atoms with Crippen LogP contribution in [0, 0.1) is 5.92 Å². The van der Waals surface area contributed by atoms with E-state index in [1.165, 1.54) is 25.7 Å². The second-order valence-corrected chi connectivity index (χ2v) is 5.82. The van der Waals surface area contributed by atoms with Crippen LogP contribution in [-0.4, -0.2) is 29.0 Å². The molecule has 0 bridgehead atoms. The molecule has 0 radical (unpaired) electrons. The maximum Gasteiger partial charge on any atom is 0.227 e. The van der Waals surface area contributed by atoms with Crippen LogP contribution >= 0.6 is 11.8 Å². The molecule has 0 aromatic carbocycles. The first kappa shape index (κ1) is 13.9. The van der Waals surface area contributed by atoms with Gasteiger partial charge in [-0.3, -0.25) is 0 Å². The van der Waals surface area contributed by atoms with Crippen LogP contribution in [0.5, 0.6) is 0 Å². The third kappa shape index (κ3) is 3.72. The summed E-state index contributed by atoms with van der Waals surface area (Å²) in [4.78, 5) is 4.46. The standard InChI is InChI=1S/C13H23N3OS/c1-3-14-11-7-5-4-6-10(11)8-13-15-12(9-18-2)16-17-13/h10-11,14H,3-9H2,1-2H3. The van der Waals surface area contributed by atoms with Crippen molar-refractivity contribution in [2.24, 2.45) is 5.92 Å². The molecule has 102 valence electrons. The van der Waals surface area contributed by atoms with Gasteiger partial charge >= 0.3 is 0 Å². The highest BCUT2D eigenvalue weighted by atomic mass is 32.2. The van der Waals surface area contributed by atoms with Gasteiger partial charge in [0.15, 0.2) is 5.82 Å². The van der Waals surface area contributed by atoms with Crippen molar-refractivity contribution in [1.29, 1.82) is 0 Å². The van der Waals surface area contributed by atoms with Crippen molar-refractivity contribution in [3.8, 4) is 0 Å². The van der Waals surface area contributed by atoms with Crippen molar-refractivity contribution in [2.75, 3.05) is 12.8 Å². The largest absolute Gasteiger partial charge is 0.339 e. The van der Waals surface area contributed by atoms with Gasteiger partial charge in [-0.05, 0) is 31.6 Å². The Bertz CT molecular complexity index is 354. The highest BCUT2D eigenvalue weighted by Gasteiger charge is 2.26. The van der Waals surface area contributed by atoms with E-state index < -0.39 is 0 Å². The topological polar surface area (TPSA) is 51.0 Å². The molecule has 2 atom stereocenters. The summed E-state index contributed by atoms with van der Waals surface area (Å²) >= 11 is 1.73. The number of nitrogens with zero attached hydrogens (tertiary/aromatic N) is 2. The quantitative estimate of drug-likeness (QED) is 0.860. The third-order valence-corrected chi connectivity index (χ3v) is 4.14. The summed E-state index contributed by atoms with van der Waals surface area (Å²) in [6.07, 6.45) is 8.22. The Balaban J connectivity index is 1.92. The van der Waals surface area contributed by atoms with E-state index in [4.69, 9.17) is 4.52 Å². The van der Waals surface area contributed by atoms with Crippen LogP contribution in [0.4, 0.5) is 0 Å². The normalized spacial score (nSPS) is 24.3. The average Bonchev–Trinajstić information content (AvgIpc) is 2.80. The lowest BCUT2D eigenvalue weighted by atomic mass is 9.82. The van der Waals surface area contributed by atoms with Crippen LogP contribution in [0.3, 0.4) is 0 Å². The van der Waals surface area contributed by atoms with Crippen LogP contribution < -0.4 is 5.32 Å². The molecule has 0 aliphatic heterocycles. The molecule has 1 aromatic heterocycles. The fraction of sp³-hybridized carbons (Fsp3) is 0.846. The smallest absolute Gasteiger partial charge is 0.227 e. The van der Waals surface area contributed by atoms with Crippen molar-refractivity contribution in [3.05, 3.63) is 11.7 Å². The van der Waals surface area contributed by atoms with E-state index in [-0.39, 0.29) is 0 Å². The molecule has 2 unspecified atom stereocenters. The van der Waals surface area contributed by atoms with Crippen molar-refractivity contribution < 1.29 is 4.52 Å². The van der Waals surface area contributed by atoms with E-state index in [1.54, 1.807) is 11.8 Å². The summed E-state index contributed by atoms with van der Waals surface area (Å²) in [5, 5.41) is 7.61. The number of rotatable bonds is 6. The first-order valence-corrected chi connectivity index (χ1v) is 8.26. The zero-order chi connectivity index (χ0) is 12.8. The Morgan fingerprint density at radius 3 is 3.00 bits per heavy atom. The van der Waals surface area contributed by atoms with E-state index in [9.17, 15) is 0 Å². The van der Waals surface area contributed by atoms with Crippen LogP contribution in [-0.2, 0) is 12.2 Å². The summed E-state index contributed by atoms with van der Waals surface area (Å²) in [5.74, 6) is 3.13. The minimum Gasteiger partial charge on any atom is -0.339 e. The highest BCUT2D eigenvalue weighted by molar-refractivity contribution is 7.97. The lowest BCUT2D eigenvalue weighted by Gasteiger charge is -2.31. The Labute approximate surface area is 113 Å². The van der Waals surface area contributed by atoms with Crippen LogP contribution in [0.2, 0.25) is 0 Å². The summed E-state index contributed by atoms with van der Waals surface area (Å²) in [6, 6.07) is 0.625. The van der Waals surface area contributed by atoms with Crippen LogP contribution in [0.25, 0.3) is 0 Å². The van der Waals surface area contributed by atoms with Gasteiger partial charge in [0.1, 0.15) is 0 Å². The molecule has 4 nitrogen and oxygen atoms in total. The molecule has 1 aliphatic carbocycles. The first-order chi connectivity index (χ1) is 8.83. The fourth-order valence-corrected chi connectivity index (χ4v) is 3.14. The average molecular weight is 269 g/mol. The molecular formula is C13H23N3OS. The Morgan fingerprint density at radius 1 is 1.39 bits per heavy atom. The minimum absolute atomic E-state index is 0.625. The number of hydrogen-bond acceptors (Lipinski definition) is 5. The van der Waals surface area contributed by atoms with Crippen molar-refractivity contribution >= 4 is 11.8 Å². The summed E-state index contributed by atoms with van der Waals surface area (Å²) in [7, 11) is 0. The van der Waals surface area contributed by atoms with Gasteiger partial charge in [-0.2, -0.15) is 16.7 Å². The maximum absolute atomic E-state index is 5.34. The number of thioether (sulfide) groups is 1. The predicted molar refractivity (Wildman–Crippen MR) is 74.6 cm³/mol. The zero-order valence-corrected chi connectivity index (χ0v) is 12.1. The molecule has 1 heterocycles. The van der Waals surface area contributed by atoms with Gasteiger partial charge in [0.25, 0.3) is 0 Å². The zero-order valence-electron chi connectivity index (χ0n) is 11.3. The second-order valence-electron chi connectivity index (χ2n) is 4.95. The van der Waals surface area contributed by atoms with Gasteiger partial charge in [-0.15, -0.1) is 0 Å². The van der Waals surface area contributed by atoms with Gasteiger partial charge in [0.05, 0.1) is 5.75 Å². The monoisotopic (exact) mass is 269 g/mol. The SMILES string of the molecule is CCNC1CCCCC1Cc1nc(CSC)no1. The number of aromatic nitrogens is 2. The highest BCUT2D eigenvalue weighted by Crippen LogP contribution is 2.27. The molecule has 1 N–H and O–H groups in total. The lowest BCUT2D eigenvalue weighted by molar-refractivity contribution is 0.242. The Kier molecular flexibility index (Phi) is 5.50. The Morgan fingerprint density at radius 2 is 2.22 bits per heavy atom. The molecule has 1 aliphatic rings. The van der Waals surface area contributed by atoms with Gasteiger partial charge in [0, 0.05) is 12.5 Å². The molecule has 0 amide bonds. The van der Waals surface area contributed by atoms with E-state index in [0.29, 0.717) is 12.0 Å². The number of nitrogens with one attached hydrogen (secondary N) is 1. The summed E-state index contributed by atoms with van der Waals surface area (Å²) in [6.45, 7) is 3.22. The molecule has 2 rings (SSSR count). The van der Waals surface area contributed by atoms with Crippen molar-refractivity contribution in [3.63, 3.8) is 0 Å². The predicted octanol–water partition coefficient (Wildman–Crippen LogP) is 2.64.